The predicted octanol–water partition coefficient (Wildman–Crippen LogP) is 7.28. The molecule has 0 amide bonds. The molecule has 0 aliphatic rings. The minimum Gasteiger partial charge on any atom is -0.303 e. The topological polar surface area (TPSA) is 17.1 Å². The van der Waals surface area contributed by atoms with Gasteiger partial charge in [0.15, 0.2) is 0 Å². The first-order chi connectivity index (χ1) is 11.4. The second kappa shape index (κ2) is 15.3. The Morgan fingerprint density at radius 3 is 2.00 bits per heavy atom. The molecule has 0 saturated heterocycles. The summed E-state index contributed by atoms with van der Waals surface area (Å²) in [5.74, 6) is 1.22. The van der Waals surface area contributed by atoms with Crippen LogP contribution >= 0.6 is 23.1 Å². The van der Waals surface area contributed by atoms with Crippen LogP contribution in [0.2, 0.25) is 0 Å². The van der Waals surface area contributed by atoms with Gasteiger partial charge in [0.05, 0.1) is 4.21 Å². The fraction of sp³-hybridized carbons (Fsp3) is 0.750. The van der Waals surface area contributed by atoms with Crippen LogP contribution in [0.5, 0.6) is 0 Å². The van der Waals surface area contributed by atoms with E-state index in [0.717, 1.165) is 6.29 Å². The predicted molar refractivity (Wildman–Crippen MR) is 106 cm³/mol. The summed E-state index contributed by atoms with van der Waals surface area (Å²) >= 11 is 3.72. The van der Waals surface area contributed by atoms with Crippen LogP contribution in [0, 0.1) is 0 Å². The quantitative estimate of drug-likeness (QED) is 0.176. The largest absolute Gasteiger partial charge is 0.303 e. The summed E-state index contributed by atoms with van der Waals surface area (Å²) in [5.41, 5.74) is 0. The van der Waals surface area contributed by atoms with Crippen LogP contribution in [0.15, 0.2) is 16.3 Å². The Hall–Kier alpha value is -0.280. The van der Waals surface area contributed by atoms with E-state index in [1.807, 2.05) is 11.8 Å². The molecule has 1 heterocycles. The zero-order valence-corrected chi connectivity index (χ0v) is 16.5. The number of thiophene rings is 1. The maximum atomic E-state index is 10.5. The van der Waals surface area contributed by atoms with Gasteiger partial charge in [-0.1, -0.05) is 77.6 Å². The van der Waals surface area contributed by atoms with Crippen LogP contribution in [-0.2, 0) is 11.2 Å². The van der Waals surface area contributed by atoms with Gasteiger partial charge in [-0.05, 0) is 24.3 Å². The molecule has 1 nitrogen and oxygen atoms in total. The van der Waals surface area contributed by atoms with E-state index in [0.29, 0.717) is 6.42 Å². The minimum absolute atomic E-state index is 0.573. The average molecular weight is 355 g/mol. The smallest absolute Gasteiger partial charge is 0.125 e. The molecule has 0 radical (unpaired) electrons. The van der Waals surface area contributed by atoms with Crippen molar-refractivity contribution in [2.45, 2.75) is 94.6 Å². The van der Waals surface area contributed by atoms with E-state index in [2.05, 4.69) is 19.1 Å². The van der Waals surface area contributed by atoms with Gasteiger partial charge in [-0.3, -0.25) is 0 Å². The first-order valence-corrected chi connectivity index (χ1v) is 11.3. The number of hydrogen-bond donors (Lipinski definition) is 0. The summed E-state index contributed by atoms with van der Waals surface area (Å²) in [6.07, 6.45) is 18.5. The van der Waals surface area contributed by atoms with Gasteiger partial charge in [0.25, 0.3) is 0 Å². The van der Waals surface area contributed by atoms with E-state index in [4.69, 9.17) is 0 Å². The zero-order chi connectivity index (χ0) is 16.6. The highest BCUT2D eigenvalue weighted by Crippen LogP contribution is 2.28. The highest BCUT2D eigenvalue weighted by molar-refractivity contribution is 8.01. The lowest BCUT2D eigenvalue weighted by Crippen LogP contribution is -1.83. The highest BCUT2D eigenvalue weighted by atomic mass is 32.2. The van der Waals surface area contributed by atoms with Crippen LogP contribution in [0.25, 0.3) is 0 Å². The monoisotopic (exact) mass is 354 g/mol. The molecule has 0 spiro atoms. The van der Waals surface area contributed by atoms with Gasteiger partial charge in [-0.2, -0.15) is 0 Å². The number of carbonyl (C=O) groups is 1. The van der Waals surface area contributed by atoms with Crippen molar-refractivity contribution < 1.29 is 4.79 Å². The van der Waals surface area contributed by atoms with Crippen LogP contribution in [0.1, 0.15) is 88.9 Å². The van der Waals surface area contributed by atoms with Crippen LogP contribution in [0.4, 0.5) is 0 Å². The molecule has 23 heavy (non-hydrogen) atoms. The molecule has 1 aromatic rings. The Bertz CT molecular complexity index is 387. The maximum absolute atomic E-state index is 10.5. The van der Waals surface area contributed by atoms with E-state index in [9.17, 15) is 4.79 Å². The van der Waals surface area contributed by atoms with Crippen LogP contribution < -0.4 is 0 Å². The third kappa shape index (κ3) is 11.8. The molecule has 0 atom stereocenters. The summed E-state index contributed by atoms with van der Waals surface area (Å²) in [6.45, 7) is 2.28. The lowest BCUT2D eigenvalue weighted by atomic mass is 10.1. The molecule has 0 unspecified atom stereocenters. The summed E-state index contributed by atoms with van der Waals surface area (Å²) in [5, 5.41) is 0. The molecule has 1 rings (SSSR count). The average Bonchev–Trinajstić information content (AvgIpc) is 3.00. The van der Waals surface area contributed by atoms with Gasteiger partial charge in [0.2, 0.25) is 0 Å². The number of hydrogen-bond acceptors (Lipinski definition) is 3. The number of thioether (sulfide) groups is 1. The Morgan fingerprint density at radius 1 is 0.870 bits per heavy atom. The number of unbranched alkanes of at least 4 members (excludes halogenated alkanes) is 11. The number of rotatable bonds is 16. The molecule has 0 bridgehead atoms. The van der Waals surface area contributed by atoms with Gasteiger partial charge in [-0.15, -0.1) is 23.1 Å². The van der Waals surface area contributed by atoms with Crippen molar-refractivity contribution in [1.82, 2.24) is 0 Å². The summed E-state index contributed by atoms with van der Waals surface area (Å²) < 4.78 is 1.37. The van der Waals surface area contributed by atoms with Crippen molar-refractivity contribution >= 4 is 29.4 Å². The first-order valence-electron chi connectivity index (χ1n) is 9.52. The molecule has 0 aliphatic carbocycles. The molecule has 0 saturated carbocycles. The standard InChI is InChI=1S/C20H34OS2/c1-2-3-4-5-6-7-8-9-10-11-12-13-18-22-20-15-14-19(23-20)16-17-21/h14-15,17H,2-13,16,18H2,1H3. The van der Waals surface area contributed by atoms with Crippen molar-refractivity contribution in [1.29, 1.82) is 0 Å². The van der Waals surface area contributed by atoms with Crippen molar-refractivity contribution in [2.24, 2.45) is 0 Å². The van der Waals surface area contributed by atoms with E-state index < -0.39 is 0 Å². The van der Waals surface area contributed by atoms with Crippen molar-refractivity contribution in [3.8, 4) is 0 Å². The van der Waals surface area contributed by atoms with Crippen LogP contribution in [-0.4, -0.2) is 12.0 Å². The van der Waals surface area contributed by atoms with E-state index in [-0.39, 0.29) is 0 Å². The fourth-order valence-corrected chi connectivity index (χ4v) is 4.95. The summed E-state index contributed by atoms with van der Waals surface area (Å²) in [7, 11) is 0. The van der Waals surface area contributed by atoms with Crippen LogP contribution in [0.3, 0.4) is 0 Å². The zero-order valence-electron chi connectivity index (χ0n) is 14.9. The minimum atomic E-state index is 0.573. The molecule has 0 aliphatic heterocycles. The van der Waals surface area contributed by atoms with Gasteiger partial charge in [0, 0.05) is 11.3 Å². The molecule has 0 aromatic carbocycles. The second-order valence-corrected chi connectivity index (χ2v) is 8.89. The number of carbonyl (C=O) groups excluding carboxylic acids is 1. The van der Waals surface area contributed by atoms with Crippen molar-refractivity contribution in [3.05, 3.63) is 17.0 Å². The number of aldehydes is 1. The van der Waals surface area contributed by atoms with Gasteiger partial charge < -0.3 is 4.79 Å². The molecule has 3 heteroatoms. The Kier molecular flexibility index (Phi) is 13.8. The second-order valence-electron chi connectivity index (χ2n) is 6.33. The Labute approximate surface area is 151 Å². The molecule has 0 fully saturated rings. The molecular weight excluding hydrogens is 320 g/mol. The molecular formula is C20H34OS2. The normalized spacial score (nSPS) is 11.0. The maximum Gasteiger partial charge on any atom is 0.125 e. The third-order valence-corrected chi connectivity index (χ3v) is 6.58. The summed E-state index contributed by atoms with van der Waals surface area (Å²) in [6, 6.07) is 4.25. The molecule has 132 valence electrons. The Morgan fingerprint density at radius 2 is 1.43 bits per heavy atom. The van der Waals surface area contributed by atoms with E-state index in [1.54, 1.807) is 11.3 Å². The summed E-state index contributed by atoms with van der Waals surface area (Å²) in [4.78, 5) is 11.7. The Balaban J connectivity index is 1.81. The van der Waals surface area contributed by atoms with Gasteiger partial charge in [0.1, 0.15) is 6.29 Å². The van der Waals surface area contributed by atoms with Crippen molar-refractivity contribution in [2.75, 3.05) is 5.75 Å². The van der Waals surface area contributed by atoms with E-state index >= 15 is 0 Å². The highest BCUT2D eigenvalue weighted by Gasteiger charge is 2.00. The van der Waals surface area contributed by atoms with Crippen molar-refractivity contribution in [3.63, 3.8) is 0 Å². The lowest BCUT2D eigenvalue weighted by molar-refractivity contribution is -0.107. The van der Waals surface area contributed by atoms with Gasteiger partial charge >= 0.3 is 0 Å². The SMILES string of the molecule is CCCCCCCCCCCCCCSc1ccc(CC=O)s1. The molecule has 1 aromatic heterocycles. The van der Waals surface area contributed by atoms with Gasteiger partial charge in [-0.25, -0.2) is 0 Å². The van der Waals surface area contributed by atoms with E-state index in [1.165, 1.54) is 91.9 Å². The fourth-order valence-electron chi connectivity index (χ4n) is 2.74. The first kappa shape index (κ1) is 20.8. The lowest BCUT2D eigenvalue weighted by Gasteiger charge is -2.02. The third-order valence-electron chi connectivity index (χ3n) is 4.16. The molecule has 0 N–H and O–H groups in total.